The summed E-state index contributed by atoms with van der Waals surface area (Å²) < 4.78 is 11.2. The van der Waals surface area contributed by atoms with E-state index in [4.69, 9.17) is 9.47 Å². The van der Waals surface area contributed by atoms with Crippen molar-refractivity contribution in [2.24, 2.45) is 5.92 Å². The molecule has 0 aromatic heterocycles. The first-order chi connectivity index (χ1) is 10.1. The summed E-state index contributed by atoms with van der Waals surface area (Å²) in [6.07, 6.45) is 2.26. The van der Waals surface area contributed by atoms with Crippen LogP contribution in [0.2, 0.25) is 0 Å². The van der Waals surface area contributed by atoms with Crippen molar-refractivity contribution in [1.29, 1.82) is 0 Å². The van der Waals surface area contributed by atoms with Gasteiger partial charge in [0, 0.05) is 12.6 Å². The minimum Gasteiger partial charge on any atom is -0.491 e. The van der Waals surface area contributed by atoms with Crippen molar-refractivity contribution in [3.05, 3.63) is 29.8 Å². The number of hydrogen-bond donors (Lipinski definition) is 1. The van der Waals surface area contributed by atoms with Crippen molar-refractivity contribution in [2.75, 3.05) is 26.4 Å². The van der Waals surface area contributed by atoms with Crippen LogP contribution < -0.4 is 10.1 Å². The van der Waals surface area contributed by atoms with Gasteiger partial charge in [0.15, 0.2) is 0 Å². The van der Waals surface area contributed by atoms with E-state index in [0.29, 0.717) is 25.2 Å². The highest BCUT2D eigenvalue weighted by molar-refractivity contribution is 5.28. The maximum atomic E-state index is 5.68. The molecular formula is C18H31NO2. The van der Waals surface area contributed by atoms with E-state index >= 15 is 0 Å². The third-order valence-corrected chi connectivity index (χ3v) is 3.42. The van der Waals surface area contributed by atoms with E-state index in [1.807, 2.05) is 12.1 Å². The van der Waals surface area contributed by atoms with Crippen LogP contribution in [0.3, 0.4) is 0 Å². The van der Waals surface area contributed by atoms with Crippen LogP contribution in [0.15, 0.2) is 24.3 Å². The maximum Gasteiger partial charge on any atom is 0.119 e. The quantitative estimate of drug-likeness (QED) is 0.621. The Morgan fingerprint density at radius 3 is 2.33 bits per heavy atom. The van der Waals surface area contributed by atoms with E-state index in [-0.39, 0.29) is 0 Å². The number of hydrogen-bond acceptors (Lipinski definition) is 3. The normalized spacial score (nSPS) is 12.6. The first kappa shape index (κ1) is 18.0. The van der Waals surface area contributed by atoms with Gasteiger partial charge in [0.05, 0.1) is 6.61 Å². The molecule has 0 saturated carbocycles. The van der Waals surface area contributed by atoms with Gasteiger partial charge < -0.3 is 14.8 Å². The van der Waals surface area contributed by atoms with Crippen molar-refractivity contribution in [1.82, 2.24) is 5.32 Å². The standard InChI is InChI=1S/C18H31NO2/c1-5-11-19-16(4)17-6-8-18(9-7-17)21-14-13-20-12-10-15(2)3/h6-9,15-16,19H,5,10-14H2,1-4H3. The number of benzene rings is 1. The molecule has 0 aliphatic rings. The second-order valence-electron chi connectivity index (χ2n) is 5.89. The second-order valence-corrected chi connectivity index (χ2v) is 5.89. The molecule has 0 fully saturated rings. The molecule has 0 heterocycles. The lowest BCUT2D eigenvalue weighted by atomic mass is 10.1. The molecule has 0 bridgehead atoms. The average Bonchev–Trinajstić information content (AvgIpc) is 2.48. The number of ether oxygens (including phenoxy) is 2. The summed E-state index contributed by atoms with van der Waals surface area (Å²) in [5.74, 6) is 1.61. The van der Waals surface area contributed by atoms with Gasteiger partial charge in [-0.1, -0.05) is 32.9 Å². The Kier molecular flexibility index (Phi) is 9.11. The molecule has 1 aromatic rings. The van der Waals surface area contributed by atoms with Crippen molar-refractivity contribution in [2.45, 2.75) is 46.6 Å². The van der Waals surface area contributed by atoms with Gasteiger partial charge in [-0.2, -0.15) is 0 Å². The summed E-state index contributed by atoms with van der Waals surface area (Å²) in [4.78, 5) is 0. The Bertz CT molecular complexity index is 362. The molecule has 120 valence electrons. The molecule has 3 heteroatoms. The minimum atomic E-state index is 0.387. The summed E-state index contributed by atoms with van der Waals surface area (Å²) in [7, 11) is 0. The third-order valence-electron chi connectivity index (χ3n) is 3.42. The molecule has 0 radical (unpaired) electrons. The molecule has 1 aromatic carbocycles. The minimum absolute atomic E-state index is 0.387. The molecule has 0 aliphatic heterocycles. The molecule has 1 atom stereocenters. The van der Waals surface area contributed by atoms with Crippen molar-refractivity contribution in [3.8, 4) is 5.75 Å². The van der Waals surface area contributed by atoms with Gasteiger partial charge in [0.1, 0.15) is 12.4 Å². The third kappa shape index (κ3) is 8.08. The smallest absolute Gasteiger partial charge is 0.119 e. The maximum absolute atomic E-state index is 5.68. The Hall–Kier alpha value is -1.06. The van der Waals surface area contributed by atoms with Gasteiger partial charge in [0.2, 0.25) is 0 Å². The van der Waals surface area contributed by atoms with E-state index in [9.17, 15) is 0 Å². The fourth-order valence-corrected chi connectivity index (χ4v) is 1.97. The number of rotatable bonds is 11. The topological polar surface area (TPSA) is 30.5 Å². The van der Waals surface area contributed by atoms with Crippen molar-refractivity contribution < 1.29 is 9.47 Å². The van der Waals surface area contributed by atoms with Gasteiger partial charge in [-0.15, -0.1) is 0 Å². The molecule has 1 rings (SSSR count). The molecular weight excluding hydrogens is 262 g/mol. The van der Waals surface area contributed by atoms with Crippen LogP contribution in [-0.2, 0) is 4.74 Å². The Morgan fingerprint density at radius 1 is 1.00 bits per heavy atom. The Balaban J connectivity index is 2.21. The average molecular weight is 293 g/mol. The summed E-state index contributed by atoms with van der Waals surface area (Å²) in [6.45, 7) is 11.9. The van der Waals surface area contributed by atoms with E-state index in [0.717, 1.165) is 31.7 Å². The molecule has 0 amide bonds. The predicted octanol–water partition coefficient (Wildman–Crippen LogP) is 4.19. The Morgan fingerprint density at radius 2 is 1.71 bits per heavy atom. The van der Waals surface area contributed by atoms with Gasteiger partial charge in [-0.25, -0.2) is 0 Å². The first-order valence-electron chi connectivity index (χ1n) is 8.17. The fourth-order valence-electron chi connectivity index (χ4n) is 1.97. The molecule has 1 N–H and O–H groups in total. The van der Waals surface area contributed by atoms with Crippen LogP contribution in [0, 0.1) is 5.92 Å². The summed E-state index contributed by atoms with van der Waals surface area (Å²) >= 11 is 0. The van der Waals surface area contributed by atoms with E-state index in [2.05, 4.69) is 45.1 Å². The van der Waals surface area contributed by atoms with Crippen molar-refractivity contribution in [3.63, 3.8) is 0 Å². The molecule has 21 heavy (non-hydrogen) atoms. The van der Waals surface area contributed by atoms with Crippen LogP contribution in [-0.4, -0.2) is 26.4 Å². The van der Waals surface area contributed by atoms with Crippen LogP contribution in [0.5, 0.6) is 5.75 Å². The lowest BCUT2D eigenvalue weighted by molar-refractivity contribution is 0.0926. The monoisotopic (exact) mass is 293 g/mol. The zero-order chi connectivity index (χ0) is 15.5. The lowest BCUT2D eigenvalue weighted by Crippen LogP contribution is -2.19. The zero-order valence-electron chi connectivity index (χ0n) is 14.0. The van der Waals surface area contributed by atoms with E-state index in [1.165, 1.54) is 5.56 Å². The zero-order valence-corrected chi connectivity index (χ0v) is 14.0. The van der Waals surface area contributed by atoms with E-state index in [1.54, 1.807) is 0 Å². The van der Waals surface area contributed by atoms with Crippen LogP contribution in [0.4, 0.5) is 0 Å². The van der Waals surface area contributed by atoms with Crippen LogP contribution in [0.1, 0.15) is 52.1 Å². The summed E-state index contributed by atoms with van der Waals surface area (Å²) in [5.41, 5.74) is 1.30. The molecule has 0 spiro atoms. The van der Waals surface area contributed by atoms with Gasteiger partial charge >= 0.3 is 0 Å². The van der Waals surface area contributed by atoms with Crippen molar-refractivity contribution >= 4 is 0 Å². The van der Waals surface area contributed by atoms with E-state index < -0.39 is 0 Å². The lowest BCUT2D eigenvalue weighted by Gasteiger charge is -2.14. The van der Waals surface area contributed by atoms with Gasteiger partial charge in [-0.05, 0) is 49.9 Å². The Labute approximate surface area is 130 Å². The highest BCUT2D eigenvalue weighted by atomic mass is 16.5. The molecule has 1 unspecified atom stereocenters. The second kappa shape index (κ2) is 10.6. The molecule has 3 nitrogen and oxygen atoms in total. The van der Waals surface area contributed by atoms with Gasteiger partial charge in [-0.3, -0.25) is 0 Å². The molecule has 0 aliphatic carbocycles. The SMILES string of the molecule is CCCNC(C)c1ccc(OCCOCCC(C)C)cc1. The summed E-state index contributed by atoms with van der Waals surface area (Å²) in [5, 5.41) is 3.48. The van der Waals surface area contributed by atoms with Gasteiger partial charge in [0.25, 0.3) is 0 Å². The summed E-state index contributed by atoms with van der Waals surface area (Å²) in [6, 6.07) is 8.71. The number of nitrogens with one attached hydrogen (secondary N) is 1. The highest BCUT2D eigenvalue weighted by Gasteiger charge is 2.04. The predicted molar refractivity (Wildman–Crippen MR) is 88.9 cm³/mol. The highest BCUT2D eigenvalue weighted by Crippen LogP contribution is 2.17. The largest absolute Gasteiger partial charge is 0.491 e. The van der Waals surface area contributed by atoms with Crippen LogP contribution >= 0.6 is 0 Å². The fraction of sp³-hybridized carbons (Fsp3) is 0.667. The first-order valence-corrected chi connectivity index (χ1v) is 8.17. The van der Waals surface area contributed by atoms with Crippen LogP contribution in [0.25, 0.3) is 0 Å². The molecule has 0 saturated heterocycles.